The van der Waals surface area contributed by atoms with Gasteiger partial charge in [0, 0.05) is 31.9 Å². The van der Waals surface area contributed by atoms with E-state index in [1.807, 2.05) is 60.4 Å². The van der Waals surface area contributed by atoms with Crippen LogP contribution in [0, 0.1) is 12.8 Å². The van der Waals surface area contributed by atoms with Crippen molar-refractivity contribution in [3.8, 4) is 11.5 Å². The zero-order valence-corrected chi connectivity index (χ0v) is 24.5. The molecule has 2 aromatic carbocycles. The van der Waals surface area contributed by atoms with Crippen molar-refractivity contribution in [3.63, 3.8) is 0 Å². The Balaban J connectivity index is 1.13. The number of anilines is 3. The Kier molecular flexibility index (Phi) is 7.20. The highest BCUT2D eigenvalue weighted by atomic mass is 32.1. The SMILES string of the molecule is Cc1cc(Oc2ccccc2)ccc1N1C(=O)Nc2c(C(=O)N[C@@H]3CCCN(C(=O)[C@@H]4CCOC4)C3)sc3nccc1c23. The minimum absolute atomic E-state index is 0.0969. The quantitative estimate of drug-likeness (QED) is 0.289. The fourth-order valence-corrected chi connectivity index (χ4v) is 7.11. The number of aryl methyl sites for hydroxylation is 1. The highest BCUT2D eigenvalue weighted by Gasteiger charge is 2.35. The number of likely N-dealkylation sites (tertiary alicyclic amines) is 1. The maximum atomic E-state index is 13.6. The summed E-state index contributed by atoms with van der Waals surface area (Å²) in [4.78, 5) is 49.2. The van der Waals surface area contributed by atoms with Crippen molar-refractivity contribution in [1.82, 2.24) is 15.2 Å². The van der Waals surface area contributed by atoms with Crippen molar-refractivity contribution in [1.29, 1.82) is 0 Å². The number of hydrogen-bond donors (Lipinski definition) is 2. The lowest BCUT2D eigenvalue weighted by Gasteiger charge is -2.34. The summed E-state index contributed by atoms with van der Waals surface area (Å²) in [5, 5.41) is 6.82. The Morgan fingerprint density at radius 2 is 1.95 bits per heavy atom. The second kappa shape index (κ2) is 11.3. The van der Waals surface area contributed by atoms with Crippen LogP contribution in [0.15, 0.2) is 60.8 Å². The molecule has 0 aliphatic carbocycles. The van der Waals surface area contributed by atoms with Gasteiger partial charge in [-0.2, -0.15) is 0 Å². The molecule has 0 unspecified atom stereocenters. The van der Waals surface area contributed by atoms with Gasteiger partial charge in [-0.25, -0.2) is 9.78 Å². The van der Waals surface area contributed by atoms with Gasteiger partial charge in [-0.05, 0) is 68.1 Å². The van der Waals surface area contributed by atoms with Gasteiger partial charge < -0.3 is 25.0 Å². The van der Waals surface area contributed by atoms with Crippen molar-refractivity contribution < 1.29 is 23.9 Å². The summed E-state index contributed by atoms with van der Waals surface area (Å²) in [5.74, 6) is 1.12. The fourth-order valence-electron chi connectivity index (χ4n) is 6.08. The minimum atomic E-state index is -0.361. The maximum Gasteiger partial charge on any atom is 0.331 e. The van der Waals surface area contributed by atoms with Crippen molar-refractivity contribution >= 4 is 56.5 Å². The zero-order chi connectivity index (χ0) is 29.5. The van der Waals surface area contributed by atoms with Crippen molar-refractivity contribution in [2.24, 2.45) is 5.92 Å². The Morgan fingerprint density at radius 1 is 1.09 bits per heavy atom. The number of nitrogens with one attached hydrogen (secondary N) is 2. The van der Waals surface area contributed by atoms with Crippen molar-refractivity contribution in [2.45, 2.75) is 32.2 Å². The van der Waals surface area contributed by atoms with Crippen LogP contribution >= 0.6 is 11.3 Å². The highest BCUT2D eigenvalue weighted by molar-refractivity contribution is 7.21. The number of benzene rings is 2. The Morgan fingerprint density at radius 3 is 2.74 bits per heavy atom. The second-order valence-corrected chi connectivity index (χ2v) is 12.1. The Labute approximate surface area is 252 Å². The number of carbonyl (C=O) groups excluding carboxylic acids is 3. The first-order valence-electron chi connectivity index (χ1n) is 14.5. The normalized spacial score (nSPS) is 19.8. The summed E-state index contributed by atoms with van der Waals surface area (Å²) in [7, 11) is 0. The number of rotatable bonds is 6. The van der Waals surface area contributed by atoms with Crippen LogP contribution < -0.4 is 20.3 Å². The minimum Gasteiger partial charge on any atom is -0.457 e. The van der Waals surface area contributed by atoms with E-state index in [4.69, 9.17) is 9.47 Å². The van der Waals surface area contributed by atoms with Gasteiger partial charge in [-0.1, -0.05) is 18.2 Å². The molecule has 3 aliphatic heterocycles. The van der Waals surface area contributed by atoms with Crippen LogP contribution in [0.5, 0.6) is 11.5 Å². The molecular weight excluding hydrogens is 566 g/mol. The summed E-state index contributed by atoms with van der Waals surface area (Å²) in [5.41, 5.74) is 2.68. The molecule has 5 heterocycles. The van der Waals surface area contributed by atoms with Crippen LogP contribution in [0.3, 0.4) is 0 Å². The van der Waals surface area contributed by atoms with Crippen molar-refractivity contribution in [3.05, 3.63) is 71.2 Å². The lowest BCUT2D eigenvalue weighted by molar-refractivity contribution is -0.136. The van der Waals surface area contributed by atoms with E-state index in [0.717, 1.165) is 36.0 Å². The smallest absolute Gasteiger partial charge is 0.331 e. The van der Waals surface area contributed by atoms with E-state index in [2.05, 4.69) is 15.6 Å². The molecule has 2 saturated heterocycles. The molecule has 11 heteroatoms. The van der Waals surface area contributed by atoms with E-state index < -0.39 is 0 Å². The molecule has 2 atom stereocenters. The molecule has 2 aromatic heterocycles. The number of para-hydroxylation sites is 1. The molecule has 4 amide bonds. The standard InChI is InChI=1S/C32H31N5O5S/c1-19-16-23(42-22-7-3-2-4-8-22)9-10-24(19)37-25-11-13-33-30-26(25)27(35-32(37)40)28(43-30)29(38)34-21-6-5-14-36(17-21)31(39)20-12-15-41-18-20/h2-4,7-11,13,16,20-21H,5-6,12,14-15,17-18H2,1H3,(H,34,38)(H,35,40)/t20-,21-/m1/s1. The number of urea groups is 1. The van der Waals surface area contributed by atoms with Gasteiger partial charge in [-0.3, -0.25) is 14.5 Å². The van der Waals surface area contributed by atoms with Gasteiger partial charge in [0.2, 0.25) is 5.91 Å². The topological polar surface area (TPSA) is 113 Å². The lowest BCUT2D eigenvalue weighted by atomic mass is 10.0. The number of nitrogens with zero attached hydrogens (tertiary/aromatic N) is 3. The van der Waals surface area contributed by atoms with Gasteiger partial charge in [-0.15, -0.1) is 11.3 Å². The number of hydrogen-bond acceptors (Lipinski definition) is 7. The largest absolute Gasteiger partial charge is 0.457 e. The number of pyridine rings is 1. The summed E-state index contributed by atoms with van der Waals surface area (Å²) in [6, 6.07) is 16.4. The molecule has 2 N–H and O–H groups in total. The van der Waals surface area contributed by atoms with Crippen LogP contribution in [-0.2, 0) is 9.53 Å². The first kappa shape index (κ1) is 27.4. The number of amides is 4. The number of carbonyl (C=O) groups is 3. The first-order valence-corrected chi connectivity index (χ1v) is 15.3. The van der Waals surface area contributed by atoms with Gasteiger partial charge in [0.25, 0.3) is 5.91 Å². The molecule has 7 rings (SSSR count). The van der Waals surface area contributed by atoms with Crippen LogP contribution in [0.1, 0.15) is 34.5 Å². The zero-order valence-electron chi connectivity index (χ0n) is 23.7. The van der Waals surface area contributed by atoms with E-state index >= 15 is 0 Å². The van der Waals surface area contributed by atoms with Gasteiger partial charge in [0.1, 0.15) is 21.2 Å². The summed E-state index contributed by atoms with van der Waals surface area (Å²) >= 11 is 1.25. The van der Waals surface area contributed by atoms with Crippen LogP contribution in [0.25, 0.3) is 10.2 Å². The monoisotopic (exact) mass is 597 g/mol. The van der Waals surface area contributed by atoms with Crippen LogP contribution in [0.4, 0.5) is 21.9 Å². The molecule has 4 aromatic rings. The maximum absolute atomic E-state index is 13.6. The third kappa shape index (κ3) is 5.19. The third-order valence-corrected chi connectivity index (χ3v) is 9.28. The Hall–Kier alpha value is -4.48. The average Bonchev–Trinajstić information content (AvgIpc) is 3.68. The molecule has 220 valence electrons. The van der Waals surface area contributed by atoms with E-state index in [0.29, 0.717) is 58.8 Å². The number of ether oxygens (including phenoxy) is 2. The molecule has 3 aliphatic rings. The summed E-state index contributed by atoms with van der Waals surface area (Å²) in [6.45, 7) is 4.17. The molecule has 10 nitrogen and oxygen atoms in total. The van der Waals surface area contributed by atoms with Gasteiger partial charge in [0.15, 0.2) is 0 Å². The van der Waals surface area contributed by atoms with E-state index in [9.17, 15) is 14.4 Å². The second-order valence-electron chi connectivity index (χ2n) is 11.1. The van der Waals surface area contributed by atoms with E-state index in [1.54, 1.807) is 17.2 Å². The number of piperidine rings is 1. The van der Waals surface area contributed by atoms with Gasteiger partial charge >= 0.3 is 6.03 Å². The van der Waals surface area contributed by atoms with E-state index in [1.165, 1.54) is 11.3 Å². The van der Waals surface area contributed by atoms with Crippen LogP contribution in [-0.4, -0.2) is 60.1 Å². The Bertz CT molecular complexity index is 1720. The number of aromatic nitrogens is 1. The van der Waals surface area contributed by atoms with Crippen LogP contribution in [0.2, 0.25) is 0 Å². The van der Waals surface area contributed by atoms with Gasteiger partial charge in [0.05, 0.1) is 35.0 Å². The fraction of sp³-hybridized carbons (Fsp3) is 0.312. The number of thiophene rings is 1. The predicted octanol–water partition coefficient (Wildman–Crippen LogP) is 5.84. The molecule has 0 bridgehead atoms. The van der Waals surface area contributed by atoms with Crippen molar-refractivity contribution in [2.75, 3.05) is 36.5 Å². The molecule has 0 radical (unpaired) electrons. The first-order chi connectivity index (χ1) is 21.0. The molecule has 43 heavy (non-hydrogen) atoms. The molecule has 0 saturated carbocycles. The summed E-state index contributed by atoms with van der Waals surface area (Å²) in [6.07, 6.45) is 4.00. The molecular formula is C32H31N5O5S. The molecule has 0 spiro atoms. The highest BCUT2D eigenvalue weighted by Crippen LogP contribution is 2.46. The average molecular weight is 598 g/mol. The third-order valence-electron chi connectivity index (χ3n) is 8.19. The van der Waals surface area contributed by atoms with E-state index in [-0.39, 0.29) is 29.8 Å². The summed E-state index contributed by atoms with van der Waals surface area (Å²) < 4.78 is 11.4. The molecule has 2 fully saturated rings. The lowest BCUT2D eigenvalue weighted by Crippen LogP contribution is -2.51. The predicted molar refractivity (Wildman–Crippen MR) is 164 cm³/mol.